The van der Waals surface area contributed by atoms with E-state index in [1.54, 1.807) is 7.11 Å². The quantitative estimate of drug-likeness (QED) is 0.643. The average molecular weight is 208 g/mol. The highest BCUT2D eigenvalue weighted by Gasteiger charge is 2.02. The van der Waals surface area contributed by atoms with Crippen molar-refractivity contribution in [1.29, 1.82) is 0 Å². The largest absolute Gasteiger partial charge is 0.486 e. The number of carbonyl (C=O) groups is 1. The van der Waals surface area contributed by atoms with E-state index in [-0.39, 0.29) is 12.4 Å². The molecule has 82 valence electrons. The number of ketones is 1. The molecule has 0 saturated carbocycles. The van der Waals surface area contributed by atoms with E-state index in [9.17, 15) is 4.79 Å². The molecule has 0 radical (unpaired) electrons. The van der Waals surface area contributed by atoms with Gasteiger partial charge in [-0.2, -0.15) is 0 Å². The summed E-state index contributed by atoms with van der Waals surface area (Å²) in [5.74, 6) is 0.841. The van der Waals surface area contributed by atoms with Crippen LogP contribution in [0.3, 0.4) is 0 Å². The topological polar surface area (TPSA) is 35.5 Å². The second-order valence-corrected chi connectivity index (χ2v) is 3.24. The summed E-state index contributed by atoms with van der Waals surface area (Å²) in [6.45, 7) is 0.769. The molecule has 0 amide bonds. The molecule has 3 nitrogen and oxygen atoms in total. The van der Waals surface area contributed by atoms with Gasteiger partial charge in [0.15, 0.2) is 5.78 Å². The number of Topliss-reactive ketones (excluding diaryl/α,β-unsaturated/α-hetero) is 1. The highest BCUT2D eigenvalue weighted by atomic mass is 16.5. The fraction of sp³-hybridized carbons (Fsp3) is 0.417. The van der Waals surface area contributed by atoms with Gasteiger partial charge in [0.1, 0.15) is 12.4 Å². The Morgan fingerprint density at radius 2 is 2.00 bits per heavy atom. The first-order valence-electron chi connectivity index (χ1n) is 5.01. The fourth-order valence-corrected chi connectivity index (χ4v) is 1.17. The number of rotatable bonds is 7. The van der Waals surface area contributed by atoms with Gasteiger partial charge in [0, 0.05) is 20.1 Å². The second kappa shape index (κ2) is 7.01. The molecule has 3 heteroatoms. The maximum atomic E-state index is 11.3. The zero-order valence-corrected chi connectivity index (χ0v) is 8.94. The lowest BCUT2D eigenvalue weighted by molar-refractivity contribution is -0.121. The number of carbonyl (C=O) groups excluding carboxylic acids is 1. The lowest BCUT2D eigenvalue weighted by atomic mass is 10.2. The Kier molecular flexibility index (Phi) is 5.48. The van der Waals surface area contributed by atoms with Crippen LogP contribution in [0.1, 0.15) is 12.8 Å². The van der Waals surface area contributed by atoms with Crippen molar-refractivity contribution in [3.8, 4) is 5.75 Å². The van der Waals surface area contributed by atoms with Crippen molar-refractivity contribution in [1.82, 2.24) is 0 Å². The van der Waals surface area contributed by atoms with Crippen LogP contribution in [0.25, 0.3) is 0 Å². The Morgan fingerprint density at radius 1 is 1.27 bits per heavy atom. The summed E-state index contributed by atoms with van der Waals surface area (Å²) < 4.78 is 10.2. The first-order chi connectivity index (χ1) is 7.33. The van der Waals surface area contributed by atoms with Gasteiger partial charge in [-0.3, -0.25) is 4.79 Å². The van der Waals surface area contributed by atoms with E-state index in [2.05, 4.69) is 0 Å². The first-order valence-corrected chi connectivity index (χ1v) is 5.01. The molecule has 1 aromatic rings. The molecule has 0 aliphatic carbocycles. The van der Waals surface area contributed by atoms with Crippen LogP contribution in [0.4, 0.5) is 0 Å². The molecule has 0 aliphatic heterocycles. The van der Waals surface area contributed by atoms with E-state index in [4.69, 9.17) is 9.47 Å². The zero-order chi connectivity index (χ0) is 10.9. The summed E-state index contributed by atoms with van der Waals surface area (Å²) in [4.78, 5) is 11.3. The summed E-state index contributed by atoms with van der Waals surface area (Å²) in [7, 11) is 1.63. The molecule has 0 N–H and O–H groups in total. The van der Waals surface area contributed by atoms with Gasteiger partial charge < -0.3 is 9.47 Å². The van der Waals surface area contributed by atoms with Crippen LogP contribution in [-0.2, 0) is 9.53 Å². The van der Waals surface area contributed by atoms with Crippen LogP contribution >= 0.6 is 0 Å². The standard InChI is InChI=1S/C12H16O3/c1-14-9-5-6-11(13)10-15-12-7-3-2-4-8-12/h2-4,7-8H,5-6,9-10H2,1H3. The van der Waals surface area contributed by atoms with Gasteiger partial charge >= 0.3 is 0 Å². The minimum atomic E-state index is 0.107. The maximum absolute atomic E-state index is 11.3. The fourth-order valence-electron chi connectivity index (χ4n) is 1.17. The Labute approximate surface area is 90.0 Å². The van der Waals surface area contributed by atoms with Crippen LogP contribution in [-0.4, -0.2) is 26.1 Å². The Bertz CT molecular complexity index is 282. The molecule has 0 heterocycles. The van der Waals surface area contributed by atoms with E-state index in [0.717, 1.165) is 12.2 Å². The number of methoxy groups -OCH3 is 1. The van der Waals surface area contributed by atoms with E-state index in [1.165, 1.54) is 0 Å². The van der Waals surface area contributed by atoms with Gasteiger partial charge in [-0.25, -0.2) is 0 Å². The van der Waals surface area contributed by atoms with Crippen molar-refractivity contribution in [2.45, 2.75) is 12.8 Å². The number of benzene rings is 1. The summed E-state index contributed by atoms with van der Waals surface area (Å²) in [6.07, 6.45) is 1.27. The van der Waals surface area contributed by atoms with Gasteiger partial charge in [0.25, 0.3) is 0 Å². The van der Waals surface area contributed by atoms with Crippen LogP contribution in [0.5, 0.6) is 5.75 Å². The average Bonchev–Trinajstić information content (AvgIpc) is 2.28. The van der Waals surface area contributed by atoms with Crippen molar-refractivity contribution >= 4 is 5.78 Å². The van der Waals surface area contributed by atoms with Crippen LogP contribution in [0.2, 0.25) is 0 Å². The van der Waals surface area contributed by atoms with Gasteiger partial charge in [-0.1, -0.05) is 18.2 Å². The van der Waals surface area contributed by atoms with E-state index in [0.29, 0.717) is 13.0 Å². The number of hydrogen-bond donors (Lipinski definition) is 0. The van der Waals surface area contributed by atoms with E-state index >= 15 is 0 Å². The highest BCUT2D eigenvalue weighted by molar-refractivity contribution is 5.79. The number of para-hydroxylation sites is 1. The van der Waals surface area contributed by atoms with Crippen LogP contribution in [0.15, 0.2) is 30.3 Å². The predicted molar refractivity (Wildman–Crippen MR) is 58.1 cm³/mol. The van der Waals surface area contributed by atoms with Gasteiger partial charge in [-0.05, 0) is 18.6 Å². The monoisotopic (exact) mass is 208 g/mol. The third-order valence-electron chi connectivity index (χ3n) is 1.95. The minimum Gasteiger partial charge on any atom is -0.486 e. The molecule has 15 heavy (non-hydrogen) atoms. The molecular weight excluding hydrogens is 192 g/mol. The Hall–Kier alpha value is -1.35. The predicted octanol–water partition coefficient (Wildman–Crippen LogP) is 2.06. The molecule has 0 fully saturated rings. The molecule has 0 unspecified atom stereocenters. The van der Waals surface area contributed by atoms with Crippen LogP contribution < -0.4 is 4.74 Å². The molecule has 1 rings (SSSR count). The molecule has 1 aromatic carbocycles. The van der Waals surface area contributed by atoms with E-state index in [1.807, 2.05) is 30.3 Å². The van der Waals surface area contributed by atoms with Gasteiger partial charge in [0.05, 0.1) is 0 Å². The molecule has 0 aliphatic rings. The highest BCUT2D eigenvalue weighted by Crippen LogP contribution is 2.08. The lowest BCUT2D eigenvalue weighted by Crippen LogP contribution is -2.11. The number of ether oxygens (including phenoxy) is 2. The molecule has 0 atom stereocenters. The Balaban J connectivity index is 2.17. The second-order valence-electron chi connectivity index (χ2n) is 3.24. The van der Waals surface area contributed by atoms with Crippen LogP contribution in [0, 0.1) is 0 Å². The van der Waals surface area contributed by atoms with Crippen molar-refractivity contribution in [2.24, 2.45) is 0 Å². The third kappa shape index (κ3) is 5.18. The normalized spacial score (nSPS) is 9.93. The molecule has 0 bridgehead atoms. The molecular formula is C12H16O3. The summed E-state index contributed by atoms with van der Waals surface area (Å²) in [5, 5.41) is 0. The van der Waals surface area contributed by atoms with Crippen molar-refractivity contribution in [3.05, 3.63) is 30.3 Å². The van der Waals surface area contributed by atoms with Crippen molar-refractivity contribution in [3.63, 3.8) is 0 Å². The first kappa shape index (κ1) is 11.7. The third-order valence-corrected chi connectivity index (χ3v) is 1.95. The summed E-state index contributed by atoms with van der Waals surface area (Å²) in [6, 6.07) is 9.34. The zero-order valence-electron chi connectivity index (χ0n) is 8.94. The maximum Gasteiger partial charge on any atom is 0.170 e. The molecule has 0 aromatic heterocycles. The minimum absolute atomic E-state index is 0.107. The SMILES string of the molecule is COCCCC(=O)COc1ccccc1. The summed E-state index contributed by atoms with van der Waals surface area (Å²) in [5.41, 5.74) is 0. The molecule has 0 spiro atoms. The van der Waals surface area contributed by atoms with Crippen molar-refractivity contribution in [2.75, 3.05) is 20.3 Å². The lowest BCUT2D eigenvalue weighted by Gasteiger charge is -2.04. The smallest absolute Gasteiger partial charge is 0.170 e. The number of hydrogen-bond acceptors (Lipinski definition) is 3. The van der Waals surface area contributed by atoms with Gasteiger partial charge in [0.2, 0.25) is 0 Å². The summed E-state index contributed by atoms with van der Waals surface area (Å²) >= 11 is 0. The Morgan fingerprint density at radius 3 is 2.67 bits per heavy atom. The van der Waals surface area contributed by atoms with Gasteiger partial charge in [-0.15, -0.1) is 0 Å². The van der Waals surface area contributed by atoms with E-state index < -0.39 is 0 Å². The molecule has 0 saturated heterocycles. The van der Waals surface area contributed by atoms with Crippen molar-refractivity contribution < 1.29 is 14.3 Å².